The molecule has 0 saturated carbocycles. The van der Waals surface area contributed by atoms with Crippen LogP contribution in [-0.2, 0) is 43.2 Å². The van der Waals surface area contributed by atoms with Crippen LogP contribution in [0.2, 0.25) is 0 Å². The molecule has 1 saturated heterocycles. The summed E-state index contributed by atoms with van der Waals surface area (Å²) >= 11 is 0. The number of aliphatic imine (C=N–C) groups is 2. The Morgan fingerprint density at radius 3 is 1.62 bits per heavy atom. The highest BCUT2D eigenvalue weighted by atomic mass is 16.4. The second-order valence-electron chi connectivity index (χ2n) is 16.1. The normalized spacial score (nSPS) is 17.5. The number of carbonyl (C=O) groups excluding carboxylic acids is 8. The number of carboxylic acids is 1. The molecule has 0 aromatic heterocycles. The van der Waals surface area contributed by atoms with E-state index in [1.165, 1.54) is 11.8 Å². The quantitative estimate of drug-likeness (QED) is 0.0188. The molecule has 1 heterocycles. The van der Waals surface area contributed by atoms with Gasteiger partial charge in [0, 0.05) is 26.1 Å². The number of nitrogens with zero attached hydrogens (tertiary/aromatic N) is 3. The zero-order chi connectivity index (χ0) is 50.4. The fourth-order valence-corrected chi connectivity index (χ4v) is 6.50. The van der Waals surface area contributed by atoms with Crippen molar-refractivity contribution in [1.29, 1.82) is 0 Å². The van der Waals surface area contributed by atoms with Gasteiger partial charge in [0.25, 0.3) is 0 Å². The molecule has 0 aliphatic carbocycles. The Bertz CT molecular complexity index is 1760. The summed E-state index contributed by atoms with van der Waals surface area (Å²) in [6.45, 7) is 4.61. The standard InChI is InChI=1S/C38H69N15O13/c1-17(2)27(51-29(58)20(11-12-25(39)57)47-30(59)23(16-54)50-34(63)28(19(4)56)52-32(61)26(40)18(3)55)33(62)48-21(8-5-13-45-37(41)42)35(64)53-15-7-10-24(53)31(60)49-22(36(65)66)9-6-14-46-38(43)44/h17-24,26-28,54-56H,5-16,40H2,1-4H3,(H2,39,57)(H,47,59)(H,48,62)(H,49,60)(H,50,63)(H,51,58)(H,52,61)(H,65,66)(H4,41,42,45)(H4,43,44,46). The summed E-state index contributed by atoms with van der Waals surface area (Å²) < 4.78 is 0. The van der Waals surface area contributed by atoms with Crippen LogP contribution in [0.5, 0.6) is 0 Å². The maximum Gasteiger partial charge on any atom is 0.326 e. The molecule has 10 unspecified atom stereocenters. The largest absolute Gasteiger partial charge is 0.480 e. The van der Waals surface area contributed by atoms with Crippen LogP contribution in [-0.4, -0.2) is 177 Å². The zero-order valence-corrected chi connectivity index (χ0v) is 37.6. The lowest BCUT2D eigenvalue weighted by Gasteiger charge is -2.31. The van der Waals surface area contributed by atoms with Gasteiger partial charge in [-0.1, -0.05) is 13.8 Å². The van der Waals surface area contributed by atoms with Gasteiger partial charge in [-0.05, 0) is 64.7 Å². The molecule has 1 aliphatic heterocycles. The average Bonchev–Trinajstić information content (AvgIpc) is 3.73. The van der Waals surface area contributed by atoms with Crippen LogP contribution in [0.3, 0.4) is 0 Å². The molecule has 0 bridgehead atoms. The fourth-order valence-electron chi connectivity index (χ4n) is 6.50. The third kappa shape index (κ3) is 19.8. The Morgan fingerprint density at radius 2 is 1.14 bits per heavy atom. The van der Waals surface area contributed by atoms with E-state index in [2.05, 4.69) is 41.9 Å². The molecular formula is C38H69N15O13. The maximum absolute atomic E-state index is 14.2. The van der Waals surface area contributed by atoms with Gasteiger partial charge in [-0.25, -0.2) is 4.79 Å². The summed E-state index contributed by atoms with van der Waals surface area (Å²) in [7, 11) is 0. The molecular weight excluding hydrogens is 875 g/mol. The smallest absolute Gasteiger partial charge is 0.326 e. The first-order valence-corrected chi connectivity index (χ1v) is 21.3. The highest BCUT2D eigenvalue weighted by molar-refractivity contribution is 5.98. The van der Waals surface area contributed by atoms with Crippen molar-refractivity contribution >= 4 is 65.1 Å². The SMILES string of the molecule is CC(C)C(NC(=O)C(CCC(N)=O)NC(=O)C(CO)NC(=O)C(NC(=O)C(N)C(C)O)C(C)O)C(=O)NC(CCCN=C(N)N)C(=O)N1CCCC1C(=O)NC(CCCN=C(N)N)C(=O)O. The number of aliphatic hydroxyl groups excluding tert-OH is 3. The van der Waals surface area contributed by atoms with Gasteiger partial charge in [0.2, 0.25) is 47.3 Å². The third-order valence-electron chi connectivity index (χ3n) is 10.2. The average molecular weight is 944 g/mol. The minimum absolute atomic E-state index is 0.0244. The molecule has 374 valence electrons. The fraction of sp³-hybridized carbons (Fsp3) is 0.711. The first kappa shape index (κ1) is 57.6. The van der Waals surface area contributed by atoms with E-state index in [0.717, 1.165) is 6.92 Å². The zero-order valence-electron chi connectivity index (χ0n) is 37.6. The van der Waals surface area contributed by atoms with Crippen LogP contribution in [0.15, 0.2) is 9.98 Å². The number of hydrogen-bond donors (Lipinski definition) is 16. The molecule has 0 spiro atoms. The second kappa shape index (κ2) is 28.5. The number of carbonyl (C=O) groups is 9. The summed E-state index contributed by atoms with van der Waals surface area (Å²) in [6.07, 6.45) is -2.98. The third-order valence-corrected chi connectivity index (χ3v) is 10.2. The number of aliphatic hydroxyl groups is 3. The molecule has 1 fully saturated rings. The van der Waals surface area contributed by atoms with Gasteiger partial charge in [0.05, 0.1) is 18.8 Å². The minimum Gasteiger partial charge on any atom is -0.480 e. The Balaban J connectivity index is 3.35. The number of likely N-dealkylation sites (tertiary alicyclic amines) is 1. The second-order valence-corrected chi connectivity index (χ2v) is 16.1. The van der Waals surface area contributed by atoms with Crippen molar-refractivity contribution in [2.24, 2.45) is 50.3 Å². The van der Waals surface area contributed by atoms with E-state index in [1.54, 1.807) is 13.8 Å². The molecule has 28 heteroatoms. The predicted molar refractivity (Wildman–Crippen MR) is 235 cm³/mol. The molecule has 28 nitrogen and oxygen atoms in total. The van der Waals surface area contributed by atoms with Crippen molar-refractivity contribution in [2.75, 3.05) is 26.2 Å². The highest BCUT2D eigenvalue weighted by Crippen LogP contribution is 2.21. The summed E-state index contributed by atoms with van der Waals surface area (Å²) in [6, 6.07) is -11.8. The Labute approximate surface area is 381 Å². The Kier molecular flexibility index (Phi) is 24.9. The lowest BCUT2D eigenvalue weighted by molar-refractivity contribution is -0.145. The number of carboxylic acid groups (broad SMARTS) is 1. The first-order chi connectivity index (χ1) is 30.8. The molecule has 0 aromatic carbocycles. The predicted octanol–water partition coefficient (Wildman–Crippen LogP) is -7.92. The van der Waals surface area contributed by atoms with Crippen LogP contribution < -0.4 is 66.3 Å². The number of nitrogens with two attached hydrogens (primary N) is 6. The van der Waals surface area contributed by atoms with Gasteiger partial charge in [-0.2, -0.15) is 0 Å². The van der Waals surface area contributed by atoms with Gasteiger partial charge >= 0.3 is 5.97 Å². The summed E-state index contributed by atoms with van der Waals surface area (Å²) in [5.74, 6) is -10.0. The number of amides is 8. The molecule has 22 N–H and O–H groups in total. The lowest BCUT2D eigenvalue weighted by Crippen LogP contribution is -2.62. The lowest BCUT2D eigenvalue weighted by atomic mass is 10.0. The Morgan fingerprint density at radius 1 is 0.636 bits per heavy atom. The number of guanidine groups is 2. The molecule has 66 heavy (non-hydrogen) atoms. The van der Waals surface area contributed by atoms with Crippen molar-refractivity contribution in [1.82, 2.24) is 36.8 Å². The van der Waals surface area contributed by atoms with Gasteiger partial charge in [0.15, 0.2) is 11.9 Å². The van der Waals surface area contributed by atoms with E-state index in [0.29, 0.717) is 6.42 Å². The molecule has 8 amide bonds. The van der Waals surface area contributed by atoms with Crippen LogP contribution in [0.1, 0.15) is 79.1 Å². The molecule has 0 radical (unpaired) electrons. The number of nitrogens with one attached hydrogen (secondary N) is 6. The number of hydrogen-bond acceptors (Lipinski definition) is 15. The van der Waals surface area contributed by atoms with Crippen molar-refractivity contribution < 1.29 is 63.6 Å². The monoisotopic (exact) mass is 944 g/mol. The van der Waals surface area contributed by atoms with Crippen molar-refractivity contribution in [3.63, 3.8) is 0 Å². The van der Waals surface area contributed by atoms with Crippen LogP contribution >= 0.6 is 0 Å². The van der Waals surface area contributed by atoms with Gasteiger partial charge in [0.1, 0.15) is 48.3 Å². The maximum atomic E-state index is 14.2. The number of primary amides is 1. The molecule has 0 aromatic rings. The minimum atomic E-state index is -1.80. The van der Waals surface area contributed by atoms with Crippen LogP contribution in [0, 0.1) is 5.92 Å². The van der Waals surface area contributed by atoms with E-state index < -0.39 is 139 Å². The topological polar surface area (TPSA) is 491 Å². The number of rotatable bonds is 29. The van der Waals surface area contributed by atoms with E-state index in [1.807, 2.05) is 0 Å². The Hall–Kier alpha value is -6.39. The molecule has 1 rings (SSSR count). The van der Waals surface area contributed by atoms with Crippen molar-refractivity contribution in [2.45, 2.75) is 140 Å². The first-order valence-electron chi connectivity index (χ1n) is 21.3. The highest BCUT2D eigenvalue weighted by Gasteiger charge is 2.40. The summed E-state index contributed by atoms with van der Waals surface area (Å²) in [5.41, 5.74) is 32.4. The molecule has 10 atom stereocenters. The summed E-state index contributed by atoms with van der Waals surface area (Å²) in [4.78, 5) is 127. The number of aliphatic carboxylic acids is 1. The summed E-state index contributed by atoms with van der Waals surface area (Å²) in [5, 5.41) is 53.8. The van der Waals surface area contributed by atoms with Crippen LogP contribution in [0.4, 0.5) is 0 Å². The molecule has 1 aliphatic rings. The van der Waals surface area contributed by atoms with Gasteiger partial charge in [-0.15, -0.1) is 0 Å². The van der Waals surface area contributed by atoms with E-state index in [4.69, 9.17) is 34.4 Å². The van der Waals surface area contributed by atoms with E-state index in [9.17, 15) is 63.6 Å². The van der Waals surface area contributed by atoms with E-state index in [-0.39, 0.29) is 63.7 Å². The van der Waals surface area contributed by atoms with E-state index >= 15 is 0 Å². The van der Waals surface area contributed by atoms with Crippen LogP contribution in [0.25, 0.3) is 0 Å². The van der Waals surface area contributed by atoms with Crippen molar-refractivity contribution in [3.05, 3.63) is 0 Å². The van der Waals surface area contributed by atoms with Gasteiger partial charge in [-0.3, -0.25) is 48.3 Å². The van der Waals surface area contributed by atoms with Crippen molar-refractivity contribution in [3.8, 4) is 0 Å². The van der Waals surface area contributed by atoms with Gasteiger partial charge < -0.3 is 91.6 Å².